The Morgan fingerprint density at radius 1 is 1.56 bits per heavy atom. The second-order valence-corrected chi connectivity index (χ2v) is 3.87. The van der Waals surface area contributed by atoms with Gasteiger partial charge in [-0.3, -0.25) is 9.59 Å². The van der Waals surface area contributed by atoms with Crippen LogP contribution in [0, 0.1) is 0 Å². The van der Waals surface area contributed by atoms with E-state index in [1.165, 1.54) is 6.26 Å². The van der Waals surface area contributed by atoms with Crippen molar-refractivity contribution in [3.05, 3.63) is 24.2 Å². The summed E-state index contributed by atoms with van der Waals surface area (Å²) in [6.45, 7) is 0.609. The summed E-state index contributed by atoms with van der Waals surface area (Å²) in [7, 11) is 0. The summed E-state index contributed by atoms with van der Waals surface area (Å²) < 4.78 is 5.02. The Bertz CT molecular complexity index is 385. The molecule has 16 heavy (non-hydrogen) atoms. The molecule has 2 heterocycles. The minimum Gasteiger partial charge on any atom is -0.481 e. The van der Waals surface area contributed by atoms with Gasteiger partial charge in [-0.05, 0) is 25.0 Å². The minimum atomic E-state index is -0.871. The van der Waals surface area contributed by atoms with Crippen molar-refractivity contribution in [2.24, 2.45) is 0 Å². The summed E-state index contributed by atoms with van der Waals surface area (Å²) in [4.78, 5) is 24.2. The van der Waals surface area contributed by atoms with E-state index in [1.54, 1.807) is 17.0 Å². The zero-order valence-corrected chi connectivity index (χ0v) is 8.76. The number of aliphatic carboxylic acids is 1. The summed E-state index contributed by atoms with van der Waals surface area (Å²) >= 11 is 0. The van der Waals surface area contributed by atoms with Crippen molar-refractivity contribution in [1.29, 1.82) is 0 Å². The van der Waals surface area contributed by atoms with Crippen molar-refractivity contribution in [3.8, 4) is 0 Å². The number of carbonyl (C=O) groups excluding carboxylic acids is 1. The number of carbonyl (C=O) groups is 2. The molecule has 0 radical (unpaired) electrons. The van der Waals surface area contributed by atoms with E-state index < -0.39 is 5.97 Å². The Labute approximate surface area is 92.7 Å². The summed E-state index contributed by atoms with van der Waals surface area (Å²) in [6, 6.07) is 3.05. The largest absolute Gasteiger partial charge is 0.481 e. The lowest BCUT2D eigenvalue weighted by Gasteiger charge is -2.22. The highest BCUT2D eigenvalue weighted by atomic mass is 16.4. The molecule has 1 aromatic heterocycles. The van der Waals surface area contributed by atoms with Gasteiger partial charge in [-0.15, -0.1) is 0 Å². The molecule has 0 aliphatic carbocycles. The van der Waals surface area contributed by atoms with E-state index in [4.69, 9.17) is 9.52 Å². The molecule has 5 nitrogen and oxygen atoms in total. The molecular formula is C11H13NO4. The SMILES string of the molecule is O=C(O)CC1CCCN1C(=O)c1ccco1. The molecule has 1 aliphatic heterocycles. The monoisotopic (exact) mass is 223 g/mol. The van der Waals surface area contributed by atoms with Crippen molar-refractivity contribution < 1.29 is 19.1 Å². The van der Waals surface area contributed by atoms with Crippen LogP contribution in [0.4, 0.5) is 0 Å². The van der Waals surface area contributed by atoms with Crippen molar-refractivity contribution in [2.45, 2.75) is 25.3 Å². The van der Waals surface area contributed by atoms with Crippen molar-refractivity contribution in [3.63, 3.8) is 0 Å². The number of nitrogens with zero attached hydrogens (tertiary/aromatic N) is 1. The van der Waals surface area contributed by atoms with Crippen molar-refractivity contribution >= 4 is 11.9 Å². The molecule has 1 aliphatic rings. The number of furan rings is 1. The number of carboxylic acid groups (broad SMARTS) is 1. The lowest BCUT2D eigenvalue weighted by Crippen LogP contribution is -2.36. The van der Waals surface area contributed by atoms with E-state index in [2.05, 4.69) is 0 Å². The predicted molar refractivity (Wildman–Crippen MR) is 55.0 cm³/mol. The van der Waals surface area contributed by atoms with E-state index in [9.17, 15) is 9.59 Å². The minimum absolute atomic E-state index is 0.00640. The second kappa shape index (κ2) is 4.38. The molecule has 1 amide bonds. The average Bonchev–Trinajstić information content (AvgIpc) is 2.84. The van der Waals surface area contributed by atoms with Crippen LogP contribution in [0.25, 0.3) is 0 Å². The van der Waals surface area contributed by atoms with Crippen LogP contribution in [0.2, 0.25) is 0 Å². The topological polar surface area (TPSA) is 70.8 Å². The summed E-state index contributed by atoms with van der Waals surface area (Å²) in [6.07, 6.45) is 3.05. The Balaban J connectivity index is 2.08. The maximum Gasteiger partial charge on any atom is 0.305 e. The van der Waals surface area contributed by atoms with Crippen LogP contribution in [-0.2, 0) is 4.79 Å². The molecule has 5 heteroatoms. The van der Waals surface area contributed by atoms with Crippen LogP contribution in [0.5, 0.6) is 0 Å². The molecule has 1 fully saturated rings. The zero-order chi connectivity index (χ0) is 11.5. The van der Waals surface area contributed by atoms with Gasteiger partial charge in [-0.2, -0.15) is 0 Å². The van der Waals surface area contributed by atoms with Crippen LogP contribution in [-0.4, -0.2) is 34.5 Å². The molecule has 0 saturated carbocycles. The highest BCUT2D eigenvalue weighted by Crippen LogP contribution is 2.22. The van der Waals surface area contributed by atoms with Gasteiger partial charge in [0.05, 0.1) is 12.7 Å². The first kappa shape index (κ1) is 10.7. The molecule has 1 aromatic rings. The van der Waals surface area contributed by atoms with Gasteiger partial charge in [0.2, 0.25) is 0 Å². The molecular weight excluding hydrogens is 210 g/mol. The van der Waals surface area contributed by atoms with Crippen LogP contribution >= 0.6 is 0 Å². The third-order valence-corrected chi connectivity index (χ3v) is 2.78. The molecule has 1 unspecified atom stereocenters. The van der Waals surface area contributed by atoms with Gasteiger partial charge in [0.1, 0.15) is 0 Å². The van der Waals surface area contributed by atoms with Gasteiger partial charge in [-0.1, -0.05) is 0 Å². The van der Waals surface area contributed by atoms with Crippen LogP contribution in [0.3, 0.4) is 0 Å². The van der Waals surface area contributed by atoms with E-state index in [0.29, 0.717) is 6.54 Å². The van der Waals surface area contributed by atoms with Gasteiger partial charge >= 0.3 is 5.97 Å². The Kier molecular flexibility index (Phi) is 2.94. The predicted octanol–water partition coefficient (Wildman–Crippen LogP) is 1.36. The fraction of sp³-hybridized carbons (Fsp3) is 0.455. The molecule has 0 aromatic carbocycles. The standard InChI is InChI=1S/C11H13NO4/c13-10(14)7-8-3-1-5-12(8)11(15)9-4-2-6-16-9/h2,4,6,8H,1,3,5,7H2,(H,13,14). The third-order valence-electron chi connectivity index (χ3n) is 2.78. The van der Waals surface area contributed by atoms with Gasteiger partial charge in [0.15, 0.2) is 5.76 Å². The number of hydrogen-bond acceptors (Lipinski definition) is 3. The fourth-order valence-corrected chi connectivity index (χ4v) is 2.06. The first-order valence-corrected chi connectivity index (χ1v) is 5.25. The maximum atomic E-state index is 11.9. The number of rotatable bonds is 3. The number of amides is 1. The van der Waals surface area contributed by atoms with Gasteiger partial charge in [-0.25, -0.2) is 0 Å². The van der Waals surface area contributed by atoms with Crippen LogP contribution in [0.15, 0.2) is 22.8 Å². The second-order valence-electron chi connectivity index (χ2n) is 3.87. The smallest absolute Gasteiger partial charge is 0.305 e. The molecule has 2 rings (SSSR count). The van der Waals surface area contributed by atoms with Crippen LogP contribution < -0.4 is 0 Å². The van der Waals surface area contributed by atoms with E-state index in [0.717, 1.165) is 12.8 Å². The van der Waals surface area contributed by atoms with Crippen LogP contribution in [0.1, 0.15) is 29.8 Å². The average molecular weight is 223 g/mol. The van der Waals surface area contributed by atoms with E-state index >= 15 is 0 Å². The molecule has 1 saturated heterocycles. The molecule has 0 spiro atoms. The summed E-state index contributed by atoms with van der Waals surface area (Å²) in [5.41, 5.74) is 0. The highest BCUT2D eigenvalue weighted by Gasteiger charge is 2.31. The Morgan fingerprint density at radius 3 is 3.00 bits per heavy atom. The normalized spacial score (nSPS) is 20.0. The number of likely N-dealkylation sites (tertiary alicyclic amines) is 1. The van der Waals surface area contributed by atoms with Gasteiger partial charge in [0.25, 0.3) is 5.91 Å². The lowest BCUT2D eigenvalue weighted by molar-refractivity contribution is -0.137. The van der Waals surface area contributed by atoms with E-state index in [-0.39, 0.29) is 24.1 Å². The molecule has 86 valence electrons. The fourth-order valence-electron chi connectivity index (χ4n) is 2.06. The molecule has 1 N–H and O–H groups in total. The van der Waals surface area contributed by atoms with Crippen molar-refractivity contribution in [2.75, 3.05) is 6.54 Å². The highest BCUT2D eigenvalue weighted by molar-refractivity contribution is 5.92. The zero-order valence-electron chi connectivity index (χ0n) is 8.76. The first-order valence-electron chi connectivity index (χ1n) is 5.25. The molecule has 1 atom stereocenters. The summed E-state index contributed by atoms with van der Waals surface area (Å²) in [5, 5.41) is 8.74. The lowest BCUT2D eigenvalue weighted by atomic mass is 10.1. The van der Waals surface area contributed by atoms with Gasteiger partial charge in [0, 0.05) is 12.6 Å². The summed E-state index contributed by atoms with van der Waals surface area (Å²) in [5.74, 6) is -0.810. The van der Waals surface area contributed by atoms with E-state index in [1.807, 2.05) is 0 Å². The Hall–Kier alpha value is -1.78. The molecule has 0 bridgehead atoms. The quantitative estimate of drug-likeness (QED) is 0.839. The Morgan fingerprint density at radius 2 is 2.38 bits per heavy atom. The number of hydrogen-bond donors (Lipinski definition) is 1. The van der Waals surface area contributed by atoms with Gasteiger partial charge < -0.3 is 14.4 Å². The maximum absolute atomic E-state index is 11.9. The third kappa shape index (κ3) is 2.08. The number of carboxylic acids is 1. The first-order chi connectivity index (χ1) is 7.68. The van der Waals surface area contributed by atoms with Crippen molar-refractivity contribution in [1.82, 2.24) is 4.90 Å².